The smallest absolute Gasteiger partial charge is 0.147 e. The van der Waals surface area contributed by atoms with Crippen molar-refractivity contribution < 1.29 is 18.3 Å². The molecule has 0 bridgehead atoms. The van der Waals surface area contributed by atoms with E-state index in [1.807, 2.05) is 24.3 Å². The van der Waals surface area contributed by atoms with E-state index in [0.717, 1.165) is 24.2 Å². The van der Waals surface area contributed by atoms with Gasteiger partial charge in [-0.05, 0) is 43.9 Å². The molecule has 0 fully saturated rings. The molecular weight excluding hydrogens is 264 g/mol. The highest BCUT2D eigenvalue weighted by molar-refractivity contribution is 7.90. The molecule has 0 aliphatic carbocycles. The van der Waals surface area contributed by atoms with Gasteiger partial charge >= 0.3 is 0 Å². The zero-order chi connectivity index (χ0) is 14.3. The standard InChI is InChI=1S/C14H22O4S/c1-12(15)4-5-13-6-8-14(9-7-13)18-10-3-11-19(2,16)17/h6-9,12,15H,3-5,10-11H2,1-2H3. The van der Waals surface area contributed by atoms with Crippen molar-refractivity contribution >= 4 is 9.84 Å². The van der Waals surface area contributed by atoms with Crippen LogP contribution in [-0.2, 0) is 16.3 Å². The first kappa shape index (κ1) is 16.0. The van der Waals surface area contributed by atoms with E-state index in [0.29, 0.717) is 13.0 Å². The Kier molecular flexibility index (Phi) is 6.31. The number of benzene rings is 1. The highest BCUT2D eigenvalue weighted by atomic mass is 32.2. The van der Waals surface area contributed by atoms with Gasteiger partial charge in [0.25, 0.3) is 0 Å². The molecule has 1 unspecified atom stereocenters. The molecule has 0 amide bonds. The fourth-order valence-corrected chi connectivity index (χ4v) is 2.28. The van der Waals surface area contributed by atoms with E-state index >= 15 is 0 Å². The average Bonchev–Trinajstić information content (AvgIpc) is 2.32. The maximum Gasteiger partial charge on any atom is 0.147 e. The first-order chi connectivity index (χ1) is 8.87. The van der Waals surface area contributed by atoms with Gasteiger partial charge in [0.15, 0.2) is 0 Å². The molecule has 1 aromatic rings. The lowest BCUT2D eigenvalue weighted by molar-refractivity contribution is 0.185. The fraction of sp³-hybridized carbons (Fsp3) is 0.571. The number of aryl methyl sites for hydroxylation is 1. The molecule has 1 aromatic carbocycles. The van der Waals surface area contributed by atoms with Gasteiger partial charge < -0.3 is 9.84 Å². The third kappa shape index (κ3) is 7.85. The van der Waals surface area contributed by atoms with Crippen molar-refractivity contribution in [1.29, 1.82) is 0 Å². The lowest BCUT2D eigenvalue weighted by Gasteiger charge is -2.07. The summed E-state index contributed by atoms with van der Waals surface area (Å²) in [5, 5.41) is 9.20. The molecule has 0 aliphatic heterocycles. The van der Waals surface area contributed by atoms with Crippen LogP contribution >= 0.6 is 0 Å². The summed E-state index contributed by atoms with van der Waals surface area (Å²) in [6.45, 7) is 2.18. The summed E-state index contributed by atoms with van der Waals surface area (Å²) < 4.78 is 27.3. The van der Waals surface area contributed by atoms with Crippen LogP contribution in [0.4, 0.5) is 0 Å². The molecule has 1 rings (SSSR count). The Bertz CT molecular complexity index is 463. The summed E-state index contributed by atoms with van der Waals surface area (Å²) >= 11 is 0. The number of aliphatic hydroxyl groups is 1. The summed E-state index contributed by atoms with van der Waals surface area (Å²) in [4.78, 5) is 0. The molecule has 1 atom stereocenters. The topological polar surface area (TPSA) is 63.6 Å². The number of aliphatic hydroxyl groups excluding tert-OH is 1. The molecule has 108 valence electrons. The van der Waals surface area contributed by atoms with Gasteiger partial charge in [0, 0.05) is 6.26 Å². The molecule has 0 aliphatic rings. The van der Waals surface area contributed by atoms with Crippen molar-refractivity contribution in [2.75, 3.05) is 18.6 Å². The molecule has 0 aromatic heterocycles. The highest BCUT2D eigenvalue weighted by Gasteiger charge is 2.02. The van der Waals surface area contributed by atoms with Crippen LogP contribution in [0.2, 0.25) is 0 Å². The quantitative estimate of drug-likeness (QED) is 0.740. The van der Waals surface area contributed by atoms with Crippen LogP contribution in [-0.4, -0.2) is 38.2 Å². The van der Waals surface area contributed by atoms with Crippen LogP contribution in [0.1, 0.15) is 25.3 Å². The minimum absolute atomic E-state index is 0.152. The maximum atomic E-state index is 10.9. The molecule has 0 saturated heterocycles. The third-order valence-electron chi connectivity index (χ3n) is 2.70. The van der Waals surface area contributed by atoms with Gasteiger partial charge in [0.05, 0.1) is 18.5 Å². The minimum atomic E-state index is -2.90. The maximum absolute atomic E-state index is 10.9. The summed E-state index contributed by atoms with van der Waals surface area (Å²) in [6, 6.07) is 7.68. The molecule has 0 radical (unpaired) electrons. The Labute approximate surface area is 115 Å². The zero-order valence-electron chi connectivity index (χ0n) is 11.5. The van der Waals surface area contributed by atoms with E-state index in [4.69, 9.17) is 4.74 Å². The highest BCUT2D eigenvalue weighted by Crippen LogP contribution is 2.14. The van der Waals surface area contributed by atoms with E-state index < -0.39 is 9.84 Å². The molecule has 0 heterocycles. The van der Waals surface area contributed by atoms with Gasteiger partial charge in [-0.3, -0.25) is 0 Å². The van der Waals surface area contributed by atoms with Crippen molar-refractivity contribution in [3.63, 3.8) is 0 Å². The van der Waals surface area contributed by atoms with Crippen LogP contribution in [0.15, 0.2) is 24.3 Å². The van der Waals surface area contributed by atoms with Gasteiger partial charge in [-0.1, -0.05) is 12.1 Å². The lowest BCUT2D eigenvalue weighted by Crippen LogP contribution is -2.08. The molecule has 1 N–H and O–H groups in total. The Morgan fingerprint density at radius 3 is 2.42 bits per heavy atom. The second kappa shape index (κ2) is 7.50. The van der Waals surface area contributed by atoms with Gasteiger partial charge in [-0.25, -0.2) is 8.42 Å². The zero-order valence-corrected chi connectivity index (χ0v) is 12.3. The molecule has 0 spiro atoms. The molecule has 0 saturated carbocycles. The van der Waals surface area contributed by atoms with Gasteiger partial charge in [0.2, 0.25) is 0 Å². The Hall–Kier alpha value is -1.07. The third-order valence-corrected chi connectivity index (χ3v) is 3.73. The van der Waals surface area contributed by atoms with Crippen LogP contribution in [0.25, 0.3) is 0 Å². The lowest BCUT2D eigenvalue weighted by atomic mass is 10.1. The Morgan fingerprint density at radius 1 is 1.26 bits per heavy atom. The van der Waals surface area contributed by atoms with Crippen molar-refractivity contribution in [3.05, 3.63) is 29.8 Å². The van der Waals surface area contributed by atoms with E-state index in [1.54, 1.807) is 6.92 Å². The van der Waals surface area contributed by atoms with Gasteiger partial charge in [0.1, 0.15) is 15.6 Å². The van der Waals surface area contributed by atoms with Gasteiger partial charge in [-0.15, -0.1) is 0 Å². The van der Waals surface area contributed by atoms with Gasteiger partial charge in [-0.2, -0.15) is 0 Å². The average molecular weight is 286 g/mol. The van der Waals surface area contributed by atoms with E-state index in [2.05, 4.69) is 0 Å². The minimum Gasteiger partial charge on any atom is -0.494 e. The fourth-order valence-electron chi connectivity index (χ4n) is 1.64. The SMILES string of the molecule is CC(O)CCc1ccc(OCCCS(C)(=O)=O)cc1. The Balaban J connectivity index is 2.32. The number of hydrogen-bond acceptors (Lipinski definition) is 4. The second-order valence-corrected chi connectivity index (χ2v) is 7.12. The molecular formula is C14H22O4S. The van der Waals surface area contributed by atoms with Crippen molar-refractivity contribution in [2.45, 2.75) is 32.3 Å². The predicted molar refractivity (Wildman–Crippen MR) is 76.3 cm³/mol. The van der Waals surface area contributed by atoms with E-state index in [9.17, 15) is 13.5 Å². The van der Waals surface area contributed by atoms with E-state index in [1.165, 1.54) is 6.26 Å². The van der Waals surface area contributed by atoms with Crippen LogP contribution in [0.5, 0.6) is 5.75 Å². The largest absolute Gasteiger partial charge is 0.494 e. The number of ether oxygens (including phenoxy) is 1. The molecule has 5 heteroatoms. The Morgan fingerprint density at radius 2 is 1.89 bits per heavy atom. The van der Waals surface area contributed by atoms with Crippen LogP contribution < -0.4 is 4.74 Å². The summed E-state index contributed by atoms with van der Waals surface area (Å²) in [7, 11) is -2.90. The predicted octanol–water partition coefficient (Wildman–Crippen LogP) is 1.81. The molecule has 4 nitrogen and oxygen atoms in total. The normalized spacial score (nSPS) is 13.2. The molecule has 19 heavy (non-hydrogen) atoms. The van der Waals surface area contributed by atoms with Crippen LogP contribution in [0, 0.1) is 0 Å². The number of sulfone groups is 1. The first-order valence-electron chi connectivity index (χ1n) is 6.44. The first-order valence-corrected chi connectivity index (χ1v) is 8.50. The second-order valence-electron chi connectivity index (χ2n) is 4.86. The van der Waals surface area contributed by atoms with Crippen molar-refractivity contribution in [3.8, 4) is 5.75 Å². The summed E-state index contributed by atoms with van der Waals surface area (Å²) in [5.41, 5.74) is 1.16. The van der Waals surface area contributed by atoms with E-state index in [-0.39, 0.29) is 11.9 Å². The monoisotopic (exact) mass is 286 g/mol. The summed E-state index contributed by atoms with van der Waals surface area (Å²) in [5.74, 6) is 0.897. The number of hydrogen-bond donors (Lipinski definition) is 1. The van der Waals surface area contributed by atoms with Crippen LogP contribution in [0.3, 0.4) is 0 Å². The number of rotatable bonds is 8. The summed E-state index contributed by atoms with van der Waals surface area (Å²) in [6.07, 6.45) is 3.03. The van der Waals surface area contributed by atoms with Crippen molar-refractivity contribution in [2.24, 2.45) is 0 Å². The van der Waals surface area contributed by atoms with Crippen molar-refractivity contribution in [1.82, 2.24) is 0 Å².